The summed E-state index contributed by atoms with van der Waals surface area (Å²) in [7, 11) is 1.57. The Kier molecular flexibility index (Phi) is 7.98. The van der Waals surface area contributed by atoms with E-state index in [2.05, 4.69) is 10.4 Å². The number of nitrogens with zero attached hydrogens (tertiary/aromatic N) is 3. The van der Waals surface area contributed by atoms with Gasteiger partial charge in [0.05, 0.1) is 25.8 Å². The van der Waals surface area contributed by atoms with Crippen LogP contribution in [0.3, 0.4) is 0 Å². The van der Waals surface area contributed by atoms with Gasteiger partial charge in [0.2, 0.25) is 5.91 Å². The number of benzene rings is 1. The predicted octanol–water partition coefficient (Wildman–Crippen LogP) is 3.75. The number of para-hydroxylation sites is 2. The second-order valence-electron chi connectivity index (χ2n) is 10.3. The molecular formula is C27H36N4O5. The van der Waals surface area contributed by atoms with E-state index in [1.165, 1.54) is 12.5 Å². The molecule has 9 nitrogen and oxygen atoms in total. The van der Waals surface area contributed by atoms with Gasteiger partial charge in [-0.2, -0.15) is 5.10 Å². The molecule has 0 bridgehead atoms. The molecule has 2 aliphatic rings. The number of amides is 2. The van der Waals surface area contributed by atoms with Crippen molar-refractivity contribution in [3.8, 4) is 11.5 Å². The van der Waals surface area contributed by atoms with Gasteiger partial charge >= 0.3 is 0 Å². The molecule has 2 aromatic rings. The fraction of sp³-hybridized carbons (Fsp3) is 0.519. The lowest BCUT2D eigenvalue weighted by Gasteiger charge is -2.31. The van der Waals surface area contributed by atoms with E-state index in [0.717, 1.165) is 25.7 Å². The Morgan fingerprint density at radius 2 is 1.92 bits per heavy atom. The average Bonchev–Trinajstić information content (AvgIpc) is 3.42. The lowest BCUT2D eigenvalue weighted by molar-refractivity contribution is -0.134. The third-order valence-electron chi connectivity index (χ3n) is 6.60. The van der Waals surface area contributed by atoms with Crippen molar-refractivity contribution < 1.29 is 24.2 Å². The maximum Gasteiger partial charge on any atom is 0.251 e. The van der Waals surface area contributed by atoms with Crippen LogP contribution in [0.15, 0.2) is 48.4 Å². The van der Waals surface area contributed by atoms with Crippen LogP contribution in [-0.4, -0.2) is 56.9 Å². The van der Waals surface area contributed by atoms with Gasteiger partial charge in [-0.05, 0) is 38.3 Å². The monoisotopic (exact) mass is 496 g/mol. The smallest absolute Gasteiger partial charge is 0.251 e. The Morgan fingerprint density at radius 1 is 1.19 bits per heavy atom. The molecule has 1 aromatic carbocycles. The molecule has 2 amide bonds. The fourth-order valence-electron chi connectivity index (χ4n) is 4.92. The van der Waals surface area contributed by atoms with Gasteiger partial charge in [-0.15, -0.1) is 0 Å². The molecule has 0 radical (unpaired) electrons. The number of ether oxygens (including phenoxy) is 2. The van der Waals surface area contributed by atoms with Crippen LogP contribution in [-0.2, 0) is 16.1 Å². The number of anilines is 1. The summed E-state index contributed by atoms with van der Waals surface area (Å²) in [5, 5.41) is 17.3. The largest absolute Gasteiger partial charge is 0.493 e. The van der Waals surface area contributed by atoms with Crippen LogP contribution in [0.2, 0.25) is 0 Å². The summed E-state index contributed by atoms with van der Waals surface area (Å²) in [4.78, 5) is 28.1. The first kappa shape index (κ1) is 25.8. The van der Waals surface area contributed by atoms with Crippen molar-refractivity contribution in [3.05, 3.63) is 48.4 Å². The molecule has 2 N–H and O–H groups in total. The van der Waals surface area contributed by atoms with Crippen molar-refractivity contribution >= 4 is 17.6 Å². The lowest BCUT2D eigenvalue weighted by atomic mass is 9.84. The molecule has 2 heterocycles. The average molecular weight is 497 g/mol. The zero-order chi connectivity index (χ0) is 25.7. The number of carbonyl (C=O) groups excluding carboxylic acids is 2. The molecule has 1 aromatic heterocycles. The van der Waals surface area contributed by atoms with Gasteiger partial charge in [0.1, 0.15) is 11.8 Å². The normalized spacial score (nSPS) is 17.6. The fourth-order valence-corrected chi connectivity index (χ4v) is 4.92. The Hall–Kier alpha value is -3.33. The minimum Gasteiger partial charge on any atom is -0.493 e. The minimum absolute atomic E-state index is 0.203. The van der Waals surface area contributed by atoms with Gasteiger partial charge in [0, 0.05) is 18.3 Å². The van der Waals surface area contributed by atoms with E-state index >= 15 is 0 Å². The Morgan fingerprint density at radius 3 is 2.61 bits per heavy atom. The van der Waals surface area contributed by atoms with Crippen molar-refractivity contribution in [1.29, 1.82) is 0 Å². The molecule has 36 heavy (non-hydrogen) atoms. The maximum absolute atomic E-state index is 13.5. The highest BCUT2D eigenvalue weighted by molar-refractivity contribution is 5.99. The van der Waals surface area contributed by atoms with Gasteiger partial charge in [-0.3, -0.25) is 14.3 Å². The van der Waals surface area contributed by atoms with Gasteiger partial charge < -0.3 is 24.8 Å². The number of methoxy groups -OCH3 is 1. The third-order valence-corrected chi connectivity index (χ3v) is 6.60. The Balaban J connectivity index is 1.48. The van der Waals surface area contributed by atoms with Gasteiger partial charge in [-0.25, -0.2) is 0 Å². The van der Waals surface area contributed by atoms with E-state index < -0.39 is 11.6 Å². The zero-order valence-electron chi connectivity index (χ0n) is 21.3. The summed E-state index contributed by atoms with van der Waals surface area (Å²) in [5.41, 5.74) is -0.928. The van der Waals surface area contributed by atoms with E-state index in [-0.39, 0.29) is 18.4 Å². The quantitative estimate of drug-likeness (QED) is 0.519. The number of carbonyl (C=O) groups is 2. The van der Waals surface area contributed by atoms with Crippen molar-refractivity contribution in [3.63, 3.8) is 0 Å². The number of hydrogen-bond acceptors (Lipinski definition) is 6. The van der Waals surface area contributed by atoms with Crippen LogP contribution in [0.4, 0.5) is 5.82 Å². The molecule has 4 rings (SSSR count). The number of hydrogen-bond donors (Lipinski definition) is 2. The highest BCUT2D eigenvalue weighted by Gasteiger charge is 2.36. The zero-order valence-corrected chi connectivity index (χ0v) is 21.3. The molecule has 9 heteroatoms. The molecule has 1 unspecified atom stereocenters. The van der Waals surface area contributed by atoms with E-state index in [4.69, 9.17) is 9.47 Å². The number of aliphatic hydroxyl groups is 1. The van der Waals surface area contributed by atoms with Crippen molar-refractivity contribution in [2.24, 2.45) is 5.92 Å². The first-order valence-electron chi connectivity index (χ1n) is 12.6. The molecule has 1 atom stereocenters. The highest BCUT2D eigenvalue weighted by atomic mass is 16.5. The molecule has 1 aliphatic heterocycles. The van der Waals surface area contributed by atoms with E-state index in [0.29, 0.717) is 42.0 Å². The molecule has 194 valence electrons. The van der Waals surface area contributed by atoms with Crippen LogP contribution in [0, 0.1) is 5.92 Å². The van der Waals surface area contributed by atoms with Gasteiger partial charge in [-0.1, -0.05) is 44.2 Å². The second-order valence-corrected chi connectivity index (χ2v) is 10.3. The molecule has 1 fully saturated rings. The third kappa shape index (κ3) is 6.66. The van der Waals surface area contributed by atoms with E-state index in [1.807, 2.05) is 12.1 Å². The highest BCUT2D eigenvalue weighted by Crippen LogP contribution is 2.32. The van der Waals surface area contributed by atoms with Crippen molar-refractivity contribution in [2.75, 3.05) is 19.0 Å². The summed E-state index contributed by atoms with van der Waals surface area (Å²) in [6.07, 6.45) is 9.39. The summed E-state index contributed by atoms with van der Waals surface area (Å²) < 4.78 is 12.9. The molecule has 0 saturated heterocycles. The summed E-state index contributed by atoms with van der Waals surface area (Å²) in [5.74, 6) is 1.82. The molecular weight excluding hydrogens is 460 g/mol. The van der Waals surface area contributed by atoms with E-state index in [1.54, 1.807) is 54.9 Å². The van der Waals surface area contributed by atoms with Crippen molar-refractivity contribution in [1.82, 2.24) is 14.7 Å². The Labute approximate surface area is 212 Å². The van der Waals surface area contributed by atoms with Crippen molar-refractivity contribution in [2.45, 2.75) is 70.6 Å². The molecule has 0 spiro atoms. The SMILES string of the molecule is COc1ccccc1OC1=CC(=O)N(C(CC2CCCCC2)C(=O)Nc2ccn(CC(C)(C)O)n2)C1. The van der Waals surface area contributed by atoms with Crippen LogP contribution in [0.1, 0.15) is 52.4 Å². The lowest BCUT2D eigenvalue weighted by Crippen LogP contribution is -2.46. The predicted molar refractivity (Wildman–Crippen MR) is 136 cm³/mol. The topological polar surface area (TPSA) is 106 Å². The van der Waals surface area contributed by atoms with Crippen LogP contribution >= 0.6 is 0 Å². The van der Waals surface area contributed by atoms with Crippen LogP contribution in [0.25, 0.3) is 0 Å². The Bertz CT molecular complexity index is 1100. The first-order chi connectivity index (χ1) is 17.2. The van der Waals surface area contributed by atoms with Crippen LogP contribution in [0.5, 0.6) is 11.5 Å². The summed E-state index contributed by atoms with van der Waals surface area (Å²) in [6.45, 7) is 3.90. The number of aromatic nitrogens is 2. The standard InChI is InChI=1S/C27H36N4O5/c1-27(2,34)18-30-14-13-24(29-30)28-26(33)21(15-19-9-5-4-6-10-19)31-17-20(16-25(31)32)36-23-12-8-7-11-22(23)35-3/h7-8,11-14,16,19,21,34H,4-6,9-10,15,17-18H2,1-3H3,(H,28,29,33). The minimum atomic E-state index is -0.928. The second kappa shape index (κ2) is 11.2. The maximum atomic E-state index is 13.5. The van der Waals surface area contributed by atoms with Gasteiger partial charge in [0.25, 0.3) is 5.91 Å². The van der Waals surface area contributed by atoms with Gasteiger partial charge in [0.15, 0.2) is 17.3 Å². The van der Waals surface area contributed by atoms with Crippen LogP contribution < -0.4 is 14.8 Å². The number of nitrogens with one attached hydrogen (secondary N) is 1. The molecule has 1 aliphatic carbocycles. The van der Waals surface area contributed by atoms with E-state index in [9.17, 15) is 14.7 Å². The summed E-state index contributed by atoms with van der Waals surface area (Å²) >= 11 is 0. The number of rotatable bonds is 10. The summed E-state index contributed by atoms with van der Waals surface area (Å²) in [6, 6.07) is 8.31. The molecule has 1 saturated carbocycles. The first-order valence-corrected chi connectivity index (χ1v) is 12.6.